The van der Waals surface area contributed by atoms with Crippen molar-refractivity contribution in [3.63, 3.8) is 0 Å². The molecule has 0 atom stereocenters. The third-order valence-corrected chi connectivity index (χ3v) is 2.21. The number of benzene rings is 1. The minimum atomic E-state index is -0.633. The van der Waals surface area contributed by atoms with Crippen LogP contribution in [0.25, 0.3) is 0 Å². The van der Waals surface area contributed by atoms with Gasteiger partial charge in [0.25, 0.3) is 0 Å². The van der Waals surface area contributed by atoms with Gasteiger partial charge in [-0.3, -0.25) is 0 Å². The number of hydrogen-bond donors (Lipinski definition) is 0. The van der Waals surface area contributed by atoms with Crippen LogP contribution in [0.15, 0.2) is 18.2 Å². The Hall–Kier alpha value is -1.38. The van der Waals surface area contributed by atoms with Gasteiger partial charge in [-0.25, -0.2) is 4.39 Å². The van der Waals surface area contributed by atoms with Gasteiger partial charge in [-0.05, 0) is 18.6 Å². The third kappa shape index (κ3) is 2.17. The highest BCUT2D eigenvalue weighted by atomic mass is 19.1. The smallest absolute Gasteiger partial charge is 0.407 e. The third-order valence-electron chi connectivity index (χ3n) is 2.21. The molecular formula is C10H9BFNO2. The van der Waals surface area contributed by atoms with Crippen LogP contribution in [-0.2, 0) is 9.31 Å². The second kappa shape index (κ2) is 4.43. The molecule has 0 amide bonds. The second-order valence-corrected chi connectivity index (χ2v) is 3.28. The molecule has 2 rings (SSSR count). The molecule has 0 unspecified atom stereocenters. The molecule has 3 nitrogen and oxygen atoms in total. The Labute approximate surface area is 87.6 Å². The van der Waals surface area contributed by atoms with Crippen molar-refractivity contribution >= 4 is 12.6 Å². The van der Waals surface area contributed by atoms with Crippen molar-refractivity contribution in [3.05, 3.63) is 29.6 Å². The van der Waals surface area contributed by atoms with Gasteiger partial charge >= 0.3 is 7.12 Å². The normalized spacial score (nSPS) is 16.1. The zero-order chi connectivity index (χ0) is 10.7. The second-order valence-electron chi connectivity index (χ2n) is 3.28. The highest BCUT2D eigenvalue weighted by Crippen LogP contribution is 2.06. The summed E-state index contributed by atoms with van der Waals surface area (Å²) in [7, 11) is -0.633. The van der Waals surface area contributed by atoms with E-state index in [9.17, 15) is 4.39 Å². The van der Waals surface area contributed by atoms with Gasteiger partial charge < -0.3 is 9.31 Å². The summed E-state index contributed by atoms with van der Waals surface area (Å²) in [6.45, 7) is 1.15. The van der Waals surface area contributed by atoms with Crippen LogP contribution >= 0.6 is 0 Å². The van der Waals surface area contributed by atoms with Crippen molar-refractivity contribution in [3.8, 4) is 6.07 Å². The number of nitrogens with zero attached hydrogens (tertiary/aromatic N) is 1. The maximum absolute atomic E-state index is 13.5. The minimum Gasteiger partial charge on any atom is -0.407 e. The Morgan fingerprint density at radius 3 is 2.67 bits per heavy atom. The van der Waals surface area contributed by atoms with Crippen molar-refractivity contribution in [2.75, 3.05) is 13.2 Å². The molecule has 0 spiro atoms. The van der Waals surface area contributed by atoms with Crippen LogP contribution in [-0.4, -0.2) is 20.3 Å². The Bertz CT molecular complexity index is 399. The van der Waals surface area contributed by atoms with Crippen molar-refractivity contribution in [2.45, 2.75) is 6.42 Å². The van der Waals surface area contributed by atoms with E-state index in [1.165, 1.54) is 12.1 Å². The van der Waals surface area contributed by atoms with Crippen molar-refractivity contribution in [1.82, 2.24) is 0 Å². The lowest BCUT2D eigenvalue weighted by Crippen LogP contribution is -2.42. The zero-order valence-corrected chi connectivity index (χ0v) is 8.07. The Morgan fingerprint density at radius 1 is 1.33 bits per heavy atom. The van der Waals surface area contributed by atoms with Crippen LogP contribution in [0.2, 0.25) is 0 Å². The summed E-state index contributed by atoms with van der Waals surface area (Å²) in [4.78, 5) is 0. The molecule has 1 aromatic rings. The lowest BCUT2D eigenvalue weighted by molar-refractivity contribution is 0.143. The van der Waals surface area contributed by atoms with Crippen LogP contribution in [0.1, 0.15) is 12.0 Å². The molecule has 0 radical (unpaired) electrons. The van der Waals surface area contributed by atoms with E-state index in [-0.39, 0.29) is 0 Å². The maximum Gasteiger partial charge on any atom is 0.496 e. The molecule has 76 valence electrons. The topological polar surface area (TPSA) is 42.2 Å². The van der Waals surface area contributed by atoms with E-state index in [0.29, 0.717) is 24.2 Å². The van der Waals surface area contributed by atoms with E-state index in [1.807, 2.05) is 6.07 Å². The molecule has 0 aromatic heterocycles. The van der Waals surface area contributed by atoms with Crippen LogP contribution in [0.5, 0.6) is 0 Å². The van der Waals surface area contributed by atoms with E-state index in [4.69, 9.17) is 14.6 Å². The SMILES string of the molecule is N#Cc1ccc(B2OCCCO2)c(F)c1. The standard InChI is InChI=1S/C10H9BFNO2/c12-10-6-8(7-13)2-3-9(10)11-14-4-1-5-15-11/h2-3,6H,1,4-5H2. The molecule has 0 aliphatic carbocycles. The quantitative estimate of drug-likeness (QED) is 0.637. The van der Waals surface area contributed by atoms with E-state index >= 15 is 0 Å². The zero-order valence-electron chi connectivity index (χ0n) is 8.07. The number of nitriles is 1. The fourth-order valence-electron chi connectivity index (χ4n) is 1.46. The van der Waals surface area contributed by atoms with Gasteiger partial charge in [-0.2, -0.15) is 5.26 Å². The van der Waals surface area contributed by atoms with Crippen LogP contribution < -0.4 is 5.46 Å². The molecule has 0 bridgehead atoms. The first-order valence-electron chi connectivity index (χ1n) is 4.74. The van der Waals surface area contributed by atoms with Crippen LogP contribution in [0.4, 0.5) is 4.39 Å². The summed E-state index contributed by atoms with van der Waals surface area (Å²) in [5.41, 5.74) is 0.653. The van der Waals surface area contributed by atoms with Gasteiger partial charge in [0.05, 0.1) is 11.6 Å². The van der Waals surface area contributed by atoms with E-state index in [2.05, 4.69) is 0 Å². The average Bonchev–Trinajstić information content (AvgIpc) is 2.30. The van der Waals surface area contributed by atoms with E-state index in [1.54, 1.807) is 6.07 Å². The summed E-state index contributed by atoms with van der Waals surface area (Å²) < 4.78 is 24.1. The minimum absolute atomic E-state index is 0.298. The summed E-state index contributed by atoms with van der Waals surface area (Å²) in [5, 5.41) is 8.58. The molecule has 1 aromatic carbocycles. The molecule has 1 aliphatic heterocycles. The molecule has 0 saturated carbocycles. The molecule has 5 heteroatoms. The van der Waals surface area contributed by atoms with Crippen molar-refractivity contribution in [2.24, 2.45) is 0 Å². The van der Waals surface area contributed by atoms with Crippen LogP contribution in [0, 0.1) is 17.1 Å². The van der Waals surface area contributed by atoms with Gasteiger partial charge in [-0.1, -0.05) is 6.07 Å². The van der Waals surface area contributed by atoms with E-state index in [0.717, 1.165) is 6.42 Å². The molecule has 1 aliphatic rings. The largest absolute Gasteiger partial charge is 0.496 e. The summed E-state index contributed by atoms with van der Waals surface area (Å²) >= 11 is 0. The fourth-order valence-corrected chi connectivity index (χ4v) is 1.46. The fraction of sp³-hybridized carbons (Fsp3) is 0.300. The maximum atomic E-state index is 13.5. The first-order chi connectivity index (χ1) is 7.31. The predicted molar refractivity (Wildman–Crippen MR) is 53.0 cm³/mol. The molecule has 15 heavy (non-hydrogen) atoms. The van der Waals surface area contributed by atoms with Gasteiger partial charge in [-0.15, -0.1) is 0 Å². The highest BCUT2D eigenvalue weighted by Gasteiger charge is 2.27. The molecule has 1 heterocycles. The van der Waals surface area contributed by atoms with Crippen molar-refractivity contribution in [1.29, 1.82) is 5.26 Å². The van der Waals surface area contributed by atoms with Gasteiger partial charge in [0, 0.05) is 18.7 Å². The highest BCUT2D eigenvalue weighted by molar-refractivity contribution is 6.61. The number of halogens is 1. The van der Waals surface area contributed by atoms with Gasteiger partial charge in [0.15, 0.2) is 0 Å². The van der Waals surface area contributed by atoms with Crippen LogP contribution in [0.3, 0.4) is 0 Å². The van der Waals surface area contributed by atoms with Crippen molar-refractivity contribution < 1.29 is 13.7 Å². The Kier molecular flexibility index (Phi) is 3.00. The Morgan fingerprint density at radius 2 is 2.07 bits per heavy atom. The predicted octanol–water partition coefficient (Wildman–Crippen LogP) is 0.829. The molecule has 0 N–H and O–H groups in total. The average molecular weight is 205 g/mol. The first-order valence-corrected chi connectivity index (χ1v) is 4.74. The molecule has 1 saturated heterocycles. The van der Waals surface area contributed by atoms with Gasteiger partial charge in [0.2, 0.25) is 0 Å². The monoisotopic (exact) mass is 205 g/mol. The number of rotatable bonds is 1. The van der Waals surface area contributed by atoms with Gasteiger partial charge in [0.1, 0.15) is 5.82 Å². The molecular weight excluding hydrogens is 196 g/mol. The Balaban J connectivity index is 2.24. The van der Waals surface area contributed by atoms with E-state index < -0.39 is 12.9 Å². The summed E-state index contributed by atoms with van der Waals surface area (Å²) in [6, 6.07) is 6.15. The summed E-state index contributed by atoms with van der Waals surface area (Å²) in [6.07, 6.45) is 0.828. The molecule has 1 fully saturated rings. The first kappa shape index (κ1) is 10.2. The lowest BCUT2D eigenvalue weighted by atomic mass is 9.77. The number of hydrogen-bond acceptors (Lipinski definition) is 3. The lowest BCUT2D eigenvalue weighted by Gasteiger charge is -2.20. The summed E-state index contributed by atoms with van der Waals surface area (Å²) in [5.74, 6) is -0.457.